The second-order valence-corrected chi connectivity index (χ2v) is 5.43. The molecule has 11 nitrogen and oxygen atoms in total. The highest BCUT2D eigenvalue weighted by Gasteiger charge is 2.12. The maximum Gasteiger partial charge on any atom is 0.320 e. The van der Waals surface area contributed by atoms with E-state index in [0.29, 0.717) is 52.8 Å². The van der Waals surface area contributed by atoms with E-state index in [-0.39, 0.29) is 31.8 Å². The molecule has 27 heavy (non-hydrogen) atoms. The molecule has 0 saturated heterocycles. The number of carboxylic acids is 2. The van der Waals surface area contributed by atoms with Gasteiger partial charge in [0.05, 0.1) is 59.3 Å². The summed E-state index contributed by atoms with van der Waals surface area (Å²) in [5.74, 6) is -2.29. The minimum Gasteiger partial charge on any atom is -0.481 e. The maximum atomic E-state index is 11.4. The summed E-state index contributed by atoms with van der Waals surface area (Å²) in [6.45, 7) is 3.09. The number of carbonyl (C=O) groups excluding carboxylic acids is 1. The third-order valence-corrected chi connectivity index (χ3v) is 3.14. The molecule has 1 amide bonds. The fourth-order valence-corrected chi connectivity index (χ4v) is 1.68. The van der Waals surface area contributed by atoms with Crippen molar-refractivity contribution in [3.05, 3.63) is 0 Å². The highest BCUT2D eigenvalue weighted by atomic mass is 16.6. The van der Waals surface area contributed by atoms with Gasteiger partial charge >= 0.3 is 11.9 Å². The van der Waals surface area contributed by atoms with Crippen LogP contribution in [0, 0.1) is 0 Å². The van der Waals surface area contributed by atoms with Gasteiger partial charge in [0.15, 0.2) is 0 Å². The average Bonchev–Trinajstić information content (AvgIpc) is 2.62. The van der Waals surface area contributed by atoms with E-state index >= 15 is 0 Å². The lowest BCUT2D eigenvalue weighted by Crippen LogP contribution is -2.33. The summed E-state index contributed by atoms with van der Waals surface area (Å²) in [6.07, 6.45) is 0.124. The van der Waals surface area contributed by atoms with Gasteiger partial charge in [-0.3, -0.25) is 14.4 Å². The molecular weight excluding hydrogens is 364 g/mol. The molecule has 0 fully saturated rings. The van der Waals surface area contributed by atoms with E-state index < -0.39 is 18.0 Å². The first-order valence-electron chi connectivity index (χ1n) is 8.71. The number of aliphatic carboxylic acids is 2. The van der Waals surface area contributed by atoms with Crippen molar-refractivity contribution in [2.45, 2.75) is 25.3 Å². The number of carbonyl (C=O) groups is 3. The number of nitrogens with two attached hydrogens (primary N) is 1. The first kappa shape index (κ1) is 25.2. The van der Waals surface area contributed by atoms with Gasteiger partial charge < -0.3 is 40.2 Å². The predicted octanol–water partition coefficient (Wildman–Crippen LogP) is -1.16. The normalized spacial score (nSPS) is 11.9. The van der Waals surface area contributed by atoms with E-state index in [9.17, 15) is 14.4 Å². The van der Waals surface area contributed by atoms with Gasteiger partial charge in [0.1, 0.15) is 6.04 Å². The number of ether oxygens (including phenoxy) is 4. The summed E-state index contributed by atoms with van der Waals surface area (Å²) >= 11 is 0. The molecular formula is C16H30N2O9. The molecule has 0 aliphatic carbocycles. The van der Waals surface area contributed by atoms with Gasteiger partial charge in [0.2, 0.25) is 5.91 Å². The Kier molecular flexibility index (Phi) is 16.4. The summed E-state index contributed by atoms with van der Waals surface area (Å²) < 4.78 is 20.8. The summed E-state index contributed by atoms with van der Waals surface area (Å²) in [5, 5.41) is 19.6. The Bertz CT molecular complexity index is 421. The summed E-state index contributed by atoms with van der Waals surface area (Å²) in [6, 6.07) is -1.03. The summed E-state index contributed by atoms with van der Waals surface area (Å²) in [4.78, 5) is 32.2. The van der Waals surface area contributed by atoms with Crippen molar-refractivity contribution in [3.63, 3.8) is 0 Å². The molecule has 0 spiro atoms. The number of nitrogens with one attached hydrogen (secondary N) is 1. The average molecular weight is 394 g/mol. The van der Waals surface area contributed by atoms with E-state index in [1.165, 1.54) is 0 Å². The van der Waals surface area contributed by atoms with Crippen molar-refractivity contribution in [2.24, 2.45) is 5.73 Å². The lowest BCUT2D eigenvalue weighted by atomic mass is 10.1. The van der Waals surface area contributed by atoms with Crippen LogP contribution in [0.2, 0.25) is 0 Å². The molecule has 0 rings (SSSR count). The first-order chi connectivity index (χ1) is 12.9. The molecule has 0 aromatic carbocycles. The van der Waals surface area contributed by atoms with Crippen LogP contribution in [0.1, 0.15) is 19.3 Å². The first-order valence-corrected chi connectivity index (χ1v) is 8.71. The highest BCUT2D eigenvalue weighted by Crippen LogP contribution is 1.94. The van der Waals surface area contributed by atoms with Crippen LogP contribution >= 0.6 is 0 Å². The smallest absolute Gasteiger partial charge is 0.320 e. The largest absolute Gasteiger partial charge is 0.481 e. The Balaban J connectivity index is 3.21. The van der Waals surface area contributed by atoms with Gasteiger partial charge in [0, 0.05) is 13.0 Å². The molecule has 0 aliphatic rings. The van der Waals surface area contributed by atoms with Crippen molar-refractivity contribution in [3.8, 4) is 0 Å². The molecule has 0 aromatic rings. The van der Waals surface area contributed by atoms with Crippen LogP contribution in [0.25, 0.3) is 0 Å². The number of hydrogen-bond donors (Lipinski definition) is 4. The molecule has 0 saturated carbocycles. The Hall–Kier alpha value is -1.79. The lowest BCUT2D eigenvalue weighted by Gasteiger charge is -2.09. The molecule has 0 radical (unpaired) electrons. The van der Waals surface area contributed by atoms with Crippen molar-refractivity contribution in [2.75, 3.05) is 59.4 Å². The van der Waals surface area contributed by atoms with E-state index in [0.717, 1.165) is 0 Å². The monoisotopic (exact) mass is 394 g/mol. The second kappa shape index (κ2) is 17.6. The van der Waals surface area contributed by atoms with Crippen molar-refractivity contribution in [1.82, 2.24) is 5.32 Å². The topological polar surface area (TPSA) is 167 Å². The summed E-state index contributed by atoms with van der Waals surface area (Å²) in [5.41, 5.74) is 5.30. The Morgan fingerprint density at radius 2 is 1.26 bits per heavy atom. The molecule has 0 aromatic heterocycles. The molecule has 158 valence electrons. The number of hydrogen-bond acceptors (Lipinski definition) is 8. The van der Waals surface area contributed by atoms with Crippen LogP contribution in [-0.4, -0.2) is 93.5 Å². The fourth-order valence-electron chi connectivity index (χ4n) is 1.68. The van der Waals surface area contributed by atoms with Crippen LogP contribution in [0.3, 0.4) is 0 Å². The number of carboxylic acid groups (broad SMARTS) is 2. The zero-order valence-corrected chi connectivity index (χ0v) is 15.4. The van der Waals surface area contributed by atoms with E-state index in [2.05, 4.69) is 5.32 Å². The minimum absolute atomic E-state index is 0.0221. The second-order valence-electron chi connectivity index (χ2n) is 5.43. The molecule has 11 heteroatoms. The van der Waals surface area contributed by atoms with Gasteiger partial charge in [-0.2, -0.15) is 0 Å². The van der Waals surface area contributed by atoms with Crippen LogP contribution in [-0.2, 0) is 33.3 Å². The third-order valence-electron chi connectivity index (χ3n) is 3.14. The third kappa shape index (κ3) is 18.8. The van der Waals surface area contributed by atoms with E-state index in [1.807, 2.05) is 0 Å². The van der Waals surface area contributed by atoms with Crippen molar-refractivity contribution in [1.29, 1.82) is 0 Å². The van der Waals surface area contributed by atoms with Gasteiger partial charge in [-0.25, -0.2) is 0 Å². The van der Waals surface area contributed by atoms with Gasteiger partial charge in [-0.05, 0) is 6.42 Å². The Morgan fingerprint density at radius 3 is 1.74 bits per heavy atom. The highest BCUT2D eigenvalue weighted by molar-refractivity contribution is 5.78. The Morgan fingerprint density at radius 1 is 0.778 bits per heavy atom. The van der Waals surface area contributed by atoms with Crippen LogP contribution in [0.4, 0.5) is 0 Å². The van der Waals surface area contributed by atoms with Crippen molar-refractivity contribution < 1.29 is 43.5 Å². The zero-order valence-electron chi connectivity index (χ0n) is 15.4. The number of amides is 1. The SMILES string of the molecule is N[C@@H](CCC(=O)NCCOCCOCCOCCOCCC(=O)O)C(=O)O. The summed E-state index contributed by atoms with van der Waals surface area (Å²) in [7, 11) is 0. The molecule has 5 N–H and O–H groups in total. The maximum absolute atomic E-state index is 11.4. The van der Waals surface area contributed by atoms with Gasteiger partial charge in [-0.15, -0.1) is 0 Å². The minimum atomic E-state index is -1.12. The molecule has 0 aliphatic heterocycles. The standard InChI is InChI=1S/C16H30N2O9/c17-13(16(22)23)1-2-14(19)18-4-6-25-8-10-27-12-11-26-9-7-24-5-3-15(20)21/h13H,1-12,17H2,(H,18,19)(H,20,21)(H,22,23)/t13-/m0/s1. The zero-order chi connectivity index (χ0) is 20.3. The number of rotatable bonds is 19. The van der Waals surface area contributed by atoms with E-state index in [4.69, 9.17) is 34.9 Å². The Labute approximate surface area is 158 Å². The van der Waals surface area contributed by atoms with Gasteiger partial charge in [-0.1, -0.05) is 0 Å². The van der Waals surface area contributed by atoms with Crippen LogP contribution in [0.5, 0.6) is 0 Å². The predicted molar refractivity (Wildman–Crippen MR) is 93.4 cm³/mol. The lowest BCUT2D eigenvalue weighted by molar-refractivity contribution is -0.139. The molecule has 1 atom stereocenters. The van der Waals surface area contributed by atoms with Crippen molar-refractivity contribution >= 4 is 17.8 Å². The van der Waals surface area contributed by atoms with Crippen LogP contribution in [0.15, 0.2) is 0 Å². The molecule has 0 heterocycles. The molecule has 0 bridgehead atoms. The quantitative estimate of drug-likeness (QED) is 0.196. The molecule has 0 unspecified atom stereocenters. The van der Waals surface area contributed by atoms with Gasteiger partial charge in [0.25, 0.3) is 0 Å². The fraction of sp³-hybridized carbons (Fsp3) is 0.812. The van der Waals surface area contributed by atoms with E-state index in [1.54, 1.807) is 0 Å². The van der Waals surface area contributed by atoms with Crippen LogP contribution < -0.4 is 11.1 Å².